The van der Waals surface area contributed by atoms with Gasteiger partial charge in [0.05, 0.1) is 6.54 Å². The SMILES string of the molecule is CC1CN(C(=O)OC(C)(C)C)C/C(=C/N(C)C)C1=O. The van der Waals surface area contributed by atoms with Gasteiger partial charge in [0.2, 0.25) is 0 Å². The number of hydrogen-bond donors (Lipinski definition) is 0. The maximum Gasteiger partial charge on any atom is 0.410 e. The Bertz CT molecular complexity index is 394. The summed E-state index contributed by atoms with van der Waals surface area (Å²) in [6.07, 6.45) is 1.41. The Morgan fingerprint density at radius 1 is 1.42 bits per heavy atom. The zero-order chi connectivity index (χ0) is 14.8. The molecule has 0 spiro atoms. The van der Waals surface area contributed by atoms with E-state index in [9.17, 15) is 9.59 Å². The molecule has 108 valence electrons. The van der Waals surface area contributed by atoms with Crippen molar-refractivity contribution >= 4 is 11.9 Å². The van der Waals surface area contributed by atoms with Crippen molar-refractivity contribution in [1.82, 2.24) is 9.80 Å². The Morgan fingerprint density at radius 2 is 2.00 bits per heavy atom. The highest BCUT2D eigenvalue weighted by molar-refractivity contribution is 5.99. The largest absolute Gasteiger partial charge is 0.444 e. The van der Waals surface area contributed by atoms with Gasteiger partial charge in [-0.1, -0.05) is 6.92 Å². The normalized spacial score (nSPS) is 22.6. The van der Waals surface area contributed by atoms with E-state index >= 15 is 0 Å². The highest BCUT2D eigenvalue weighted by Gasteiger charge is 2.33. The van der Waals surface area contributed by atoms with Gasteiger partial charge in [0.25, 0.3) is 0 Å². The van der Waals surface area contributed by atoms with Crippen LogP contribution in [0.15, 0.2) is 11.8 Å². The van der Waals surface area contributed by atoms with Gasteiger partial charge in [0, 0.05) is 38.3 Å². The minimum atomic E-state index is -0.521. The Balaban J connectivity index is 2.83. The van der Waals surface area contributed by atoms with E-state index in [4.69, 9.17) is 4.74 Å². The monoisotopic (exact) mass is 268 g/mol. The van der Waals surface area contributed by atoms with Crippen LogP contribution in [0, 0.1) is 5.92 Å². The number of likely N-dealkylation sites (tertiary alicyclic amines) is 1. The van der Waals surface area contributed by atoms with E-state index in [0.29, 0.717) is 18.7 Å². The standard InChI is InChI=1S/C14H24N2O3/c1-10-7-16(13(18)19-14(2,3)4)9-11(12(10)17)8-15(5)6/h8,10H,7,9H2,1-6H3/b11-8-. The minimum Gasteiger partial charge on any atom is -0.444 e. The van der Waals surface area contributed by atoms with Crippen LogP contribution in [0.1, 0.15) is 27.7 Å². The van der Waals surface area contributed by atoms with E-state index < -0.39 is 5.60 Å². The summed E-state index contributed by atoms with van der Waals surface area (Å²) in [5.41, 5.74) is 0.127. The number of hydrogen-bond acceptors (Lipinski definition) is 4. The van der Waals surface area contributed by atoms with Crippen LogP contribution in [0.3, 0.4) is 0 Å². The lowest BCUT2D eigenvalue weighted by atomic mass is 9.94. The number of ketones is 1. The van der Waals surface area contributed by atoms with Crippen molar-refractivity contribution in [1.29, 1.82) is 0 Å². The minimum absolute atomic E-state index is 0.105. The summed E-state index contributed by atoms with van der Waals surface area (Å²) >= 11 is 0. The van der Waals surface area contributed by atoms with Crippen molar-refractivity contribution in [3.63, 3.8) is 0 Å². The van der Waals surface area contributed by atoms with E-state index in [1.54, 1.807) is 11.1 Å². The van der Waals surface area contributed by atoms with Gasteiger partial charge in [0.1, 0.15) is 5.60 Å². The van der Waals surface area contributed by atoms with E-state index in [-0.39, 0.29) is 17.8 Å². The van der Waals surface area contributed by atoms with Crippen molar-refractivity contribution in [2.45, 2.75) is 33.3 Å². The lowest BCUT2D eigenvalue weighted by Crippen LogP contribution is -2.46. The molecule has 0 radical (unpaired) electrons. The molecule has 1 aliphatic heterocycles. The van der Waals surface area contributed by atoms with E-state index in [1.165, 1.54) is 0 Å². The van der Waals surface area contributed by atoms with Crippen LogP contribution in [-0.2, 0) is 9.53 Å². The van der Waals surface area contributed by atoms with Crippen LogP contribution >= 0.6 is 0 Å². The van der Waals surface area contributed by atoms with Gasteiger partial charge in [-0.3, -0.25) is 4.79 Å². The Kier molecular flexibility index (Phi) is 4.61. The van der Waals surface area contributed by atoms with Crippen LogP contribution in [0.5, 0.6) is 0 Å². The lowest BCUT2D eigenvalue weighted by molar-refractivity contribution is -0.121. The lowest BCUT2D eigenvalue weighted by Gasteiger charge is -2.33. The summed E-state index contributed by atoms with van der Waals surface area (Å²) in [6, 6.07) is 0. The van der Waals surface area contributed by atoms with Gasteiger partial charge in [-0.05, 0) is 20.8 Å². The fourth-order valence-corrected chi connectivity index (χ4v) is 1.96. The summed E-state index contributed by atoms with van der Waals surface area (Å²) in [5, 5.41) is 0. The maximum atomic E-state index is 12.0. The predicted molar refractivity (Wildman–Crippen MR) is 73.7 cm³/mol. The van der Waals surface area contributed by atoms with Crippen LogP contribution in [0.25, 0.3) is 0 Å². The van der Waals surface area contributed by atoms with Gasteiger partial charge in [-0.15, -0.1) is 0 Å². The first-order chi connectivity index (χ1) is 8.60. The Hall–Kier alpha value is -1.52. The van der Waals surface area contributed by atoms with Gasteiger partial charge < -0.3 is 14.5 Å². The molecule has 1 atom stereocenters. The van der Waals surface area contributed by atoms with Crippen LogP contribution < -0.4 is 0 Å². The average molecular weight is 268 g/mol. The molecule has 19 heavy (non-hydrogen) atoms. The molecule has 0 aromatic carbocycles. The molecule has 1 heterocycles. The fraction of sp³-hybridized carbons (Fsp3) is 0.714. The molecular weight excluding hydrogens is 244 g/mol. The second kappa shape index (κ2) is 5.63. The topological polar surface area (TPSA) is 49.9 Å². The summed E-state index contributed by atoms with van der Waals surface area (Å²) in [6.45, 7) is 8.07. The number of nitrogens with zero attached hydrogens (tertiary/aromatic N) is 2. The highest BCUT2D eigenvalue weighted by Crippen LogP contribution is 2.20. The average Bonchev–Trinajstić information content (AvgIpc) is 2.21. The number of ether oxygens (including phenoxy) is 1. The summed E-state index contributed by atoms with van der Waals surface area (Å²) in [5.74, 6) is -0.0824. The molecule has 1 amide bonds. The molecule has 0 N–H and O–H groups in total. The van der Waals surface area contributed by atoms with Gasteiger partial charge >= 0.3 is 6.09 Å². The van der Waals surface area contributed by atoms with E-state index in [1.807, 2.05) is 46.7 Å². The predicted octanol–water partition coefficient (Wildman–Crippen LogP) is 1.89. The molecule has 0 aliphatic carbocycles. The molecule has 0 aromatic rings. The third kappa shape index (κ3) is 4.58. The second-order valence-electron chi connectivity index (χ2n) is 6.24. The molecule has 1 aliphatic rings. The van der Waals surface area contributed by atoms with Crippen molar-refractivity contribution in [2.75, 3.05) is 27.2 Å². The number of rotatable bonds is 1. The number of piperidine rings is 1. The Labute approximate surface area is 115 Å². The summed E-state index contributed by atoms with van der Waals surface area (Å²) in [7, 11) is 3.72. The first-order valence-corrected chi connectivity index (χ1v) is 6.49. The zero-order valence-corrected chi connectivity index (χ0v) is 12.7. The van der Waals surface area contributed by atoms with Gasteiger partial charge in [-0.25, -0.2) is 4.79 Å². The third-order valence-corrected chi connectivity index (χ3v) is 2.69. The van der Waals surface area contributed by atoms with Crippen LogP contribution in [-0.4, -0.2) is 54.5 Å². The number of carbonyl (C=O) groups is 2. The van der Waals surface area contributed by atoms with Gasteiger partial charge in [-0.2, -0.15) is 0 Å². The van der Waals surface area contributed by atoms with Crippen molar-refractivity contribution < 1.29 is 14.3 Å². The van der Waals surface area contributed by atoms with Crippen molar-refractivity contribution in [3.8, 4) is 0 Å². The van der Waals surface area contributed by atoms with Gasteiger partial charge in [0.15, 0.2) is 5.78 Å². The molecule has 1 fully saturated rings. The molecule has 1 saturated heterocycles. The number of amides is 1. The van der Waals surface area contributed by atoms with E-state index in [2.05, 4.69) is 0 Å². The third-order valence-electron chi connectivity index (χ3n) is 2.69. The molecule has 0 bridgehead atoms. The molecular formula is C14H24N2O3. The molecule has 0 saturated carbocycles. The molecule has 1 unspecified atom stereocenters. The van der Waals surface area contributed by atoms with Crippen LogP contribution in [0.4, 0.5) is 4.79 Å². The summed E-state index contributed by atoms with van der Waals surface area (Å²) < 4.78 is 5.35. The summed E-state index contributed by atoms with van der Waals surface area (Å²) in [4.78, 5) is 27.5. The van der Waals surface area contributed by atoms with Crippen molar-refractivity contribution in [2.24, 2.45) is 5.92 Å². The van der Waals surface area contributed by atoms with Crippen molar-refractivity contribution in [3.05, 3.63) is 11.8 Å². The fourth-order valence-electron chi connectivity index (χ4n) is 1.96. The highest BCUT2D eigenvalue weighted by atomic mass is 16.6. The smallest absolute Gasteiger partial charge is 0.410 e. The molecule has 0 aromatic heterocycles. The molecule has 5 heteroatoms. The molecule has 1 rings (SSSR count). The second-order valence-corrected chi connectivity index (χ2v) is 6.24. The zero-order valence-electron chi connectivity index (χ0n) is 12.7. The first-order valence-electron chi connectivity index (χ1n) is 6.49. The quantitative estimate of drug-likeness (QED) is 0.681. The van der Waals surface area contributed by atoms with Crippen LogP contribution in [0.2, 0.25) is 0 Å². The number of carbonyl (C=O) groups excluding carboxylic acids is 2. The number of Topliss-reactive ketones (excluding diaryl/α,β-unsaturated/α-hetero) is 1. The van der Waals surface area contributed by atoms with E-state index in [0.717, 1.165) is 0 Å². The molecule has 5 nitrogen and oxygen atoms in total. The first kappa shape index (κ1) is 15.5. The Morgan fingerprint density at radius 3 is 2.47 bits per heavy atom. The maximum absolute atomic E-state index is 12.0.